The van der Waals surface area contributed by atoms with Gasteiger partial charge in [0.15, 0.2) is 0 Å². The maximum Gasteiger partial charge on any atom is 0.490 e. The molecule has 0 bridgehead atoms. The fourth-order valence-electron chi connectivity index (χ4n) is 4.24. The Balaban J connectivity index is 1.59. The number of aromatic amines is 1. The first-order valence-corrected chi connectivity index (χ1v) is 11.9. The Morgan fingerprint density at radius 2 is 1.88 bits per heavy atom. The van der Waals surface area contributed by atoms with E-state index in [1.807, 2.05) is 6.07 Å². The molecule has 42 heavy (non-hydrogen) atoms. The Bertz CT molecular complexity index is 1520. The normalized spacial score (nSPS) is 15.5. The van der Waals surface area contributed by atoms with Crippen LogP contribution in [0.3, 0.4) is 0 Å². The molecule has 1 aliphatic rings. The highest BCUT2D eigenvalue weighted by Crippen LogP contribution is 2.39. The molecule has 0 spiro atoms. The Labute approximate surface area is 230 Å². The van der Waals surface area contributed by atoms with Crippen LogP contribution < -0.4 is 10.2 Å². The van der Waals surface area contributed by atoms with E-state index in [9.17, 15) is 50.0 Å². The van der Waals surface area contributed by atoms with Gasteiger partial charge in [0.25, 0.3) is 5.91 Å². The third kappa shape index (κ3) is 5.99. The Morgan fingerprint density at radius 3 is 2.45 bits per heavy atom. The van der Waals surface area contributed by atoms with E-state index in [2.05, 4.69) is 20.0 Å². The van der Waals surface area contributed by atoms with Crippen molar-refractivity contribution in [1.82, 2.24) is 25.3 Å². The number of hydrogen-bond acceptors (Lipinski definition) is 7. The molecule has 3 heterocycles. The fourth-order valence-corrected chi connectivity index (χ4v) is 4.24. The van der Waals surface area contributed by atoms with Gasteiger partial charge in [0.05, 0.1) is 29.9 Å². The largest absolute Gasteiger partial charge is 0.490 e. The highest BCUT2D eigenvalue weighted by Gasteiger charge is 2.47. The molecular formula is C24H19F8N7O3. The zero-order chi connectivity index (χ0) is 31.0. The van der Waals surface area contributed by atoms with Gasteiger partial charge >= 0.3 is 18.3 Å². The lowest BCUT2D eigenvalue weighted by molar-refractivity contribution is -0.201. The number of carbonyl (C=O) groups is 2. The number of halogens is 8. The van der Waals surface area contributed by atoms with E-state index >= 15 is 0 Å². The van der Waals surface area contributed by atoms with Crippen molar-refractivity contribution < 1.29 is 49.4 Å². The molecule has 4 rings (SSSR count). The zero-order valence-electron chi connectivity index (χ0n) is 21.3. The quantitative estimate of drug-likeness (QED) is 0.294. The topological polar surface area (TPSA) is 129 Å². The average molecular weight is 605 g/mol. The second-order valence-electron chi connectivity index (χ2n) is 9.43. The second kappa shape index (κ2) is 10.9. The Hall–Kier alpha value is -4.69. The molecule has 1 aliphatic heterocycles. The summed E-state index contributed by atoms with van der Waals surface area (Å²) in [6.45, 7) is -0.577. The van der Waals surface area contributed by atoms with E-state index in [1.165, 1.54) is 28.2 Å². The molecule has 2 aromatic heterocycles. The van der Waals surface area contributed by atoms with Crippen LogP contribution in [-0.4, -0.2) is 63.3 Å². The monoisotopic (exact) mass is 605 g/mol. The second-order valence-corrected chi connectivity index (χ2v) is 9.43. The van der Waals surface area contributed by atoms with Crippen LogP contribution in [0.4, 0.5) is 40.8 Å². The first kappa shape index (κ1) is 30.3. The smallest absolute Gasteiger partial charge is 0.452 e. The summed E-state index contributed by atoms with van der Waals surface area (Å²) in [5, 5.41) is 21.5. The van der Waals surface area contributed by atoms with E-state index in [4.69, 9.17) is 0 Å². The fraction of sp³-hybridized carbons (Fsp3) is 0.375. The van der Waals surface area contributed by atoms with Gasteiger partial charge in [0.2, 0.25) is 0 Å². The number of nitriles is 1. The van der Waals surface area contributed by atoms with Gasteiger partial charge < -0.3 is 15.0 Å². The number of benzene rings is 1. The van der Waals surface area contributed by atoms with Crippen LogP contribution in [0.1, 0.15) is 29.4 Å². The molecule has 0 aliphatic carbocycles. The number of rotatable bonds is 8. The number of amides is 1. The molecule has 10 nitrogen and oxygen atoms in total. The summed E-state index contributed by atoms with van der Waals surface area (Å²) in [4.78, 5) is 24.6. The Kier molecular flexibility index (Phi) is 7.89. The predicted octanol–water partition coefficient (Wildman–Crippen LogP) is 3.97. The van der Waals surface area contributed by atoms with Gasteiger partial charge in [0, 0.05) is 42.7 Å². The molecule has 1 atom stereocenters. The lowest BCUT2D eigenvalue weighted by Crippen LogP contribution is -2.63. The minimum atomic E-state index is -5.25. The molecular weight excluding hydrogens is 586 g/mol. The van der Waals surface area contributed by atoms with Crippen molar-refractivity contribution in [2.45, 2.75) is 43.9 Å². The van der Waals surface area contributed by atoms with Crippen LogP contribution >= 0.6 is 0 Å². The van der Waals surface area contributed by atoms with Gasteiger partial charge in [0.1, 0.15) is 35.5 Å². The SMILES string of the molecule is C[C@H](NC(=O)c1cc(F)c(N2CC(CC#N)(n3cc(-c4cn[nH]c4)c(COC(=O)C(F)(F)F)n3)C2)cc1F)C(F)(F)F. The third-order valence-electron chi connectivity index (χ3n) is 6.50. The lowest BCUT2D eigenvalue weighted by atomic mass is 9.86. The number of aromatic nitrogens is 4. The molecule has 224 valence electrons. The van der Waals surface area contributed by atoms with Crippen molar-refractivity contribution in [2.75, 3.05) is 18.0 Å². The van der Waals surface area contributed by atoms with Crippen molar-refractivity contribution in [1.29, 1.82) is 5.26 Å². The summed E-state index contributed by atoms with van der Waals surface area (Å²) in [5.74, 6) is -6.36. The summed E-state index contributed by atoms with van der Waals surface area (Å²) in [6.07, 6.45) is -6.20. The molecule has 0 radical (unpaired) electrons. The number of nitrogens with one attached hydrogen (secondary N) is 2. The summed E-state index contributed by atoms with van der Waals surface area (Å²) < 4.78 is 111. The molecule has 1 fully saturated rings. The molecule has 18 heteroatoms. The molecule has 1 saturated heterocycles. The van der Waals surface area contributed by atoms with Crippen molar-refractivity contribution >= 4 is 17.6 Å². The summed E-state index contributed by atoms with van der Waals surface area (Å²) in [7, 11) is 0. The molecule has 1 aromatic carbocycles. The highest BCUT2D eigenvalue weighted by atomic mass is 19.4. The van der Waals surface area contributed by atoms with Gasteiger partial charge in [-0.1, -0.05) is 0 Å². The lowest BCUT2D eigenvalue weighted by Gasteiger charge is -2.50. The maximum atomic E-state index is 15.0. The van der Waals surface area contributed by atoms with Crippen LogP contribution in [0.5, 0.6) is 0 Å². The predicted molar refractivity (Wildman–Crippen MR) is 125 cm³/mol. The van der Waals surface area contributed by atoms with E-state index < -0.39 is 59.6 Å². The number of ether oxygens (including phenoxy) is 1. The van der Waals surface area contributed by atoms with E-state index in [0.29, 0.717) is 24.6 Å². The van der Waals surface area contributed by atoms with Crippen LogP contribution in [0.15, 0.2) is 30.7 Å². The van der Waals surface area contributed by atoms with Gasteiger partial charge in [-0.05, 0) is 13.0 Å². The van der Waals surface area contributed by atoms with Crippen LogP contribution in [0.2, 0.25) is 0 Å². The molecule has 2 N–H and O–H groups in total. The van der Waals surface area contributed by atoms with Crippen molar-refractivity contribution in [3.05, 3.63) is 53.6 Å². The molecule has 3 aromatic rings. The number of carbonyl (C=O) groups excluding carboxylic acids is 2. The summed E-state index contributed by atoms with van der Waals surface area (Å²) >= 11 is 0. The molecule has 0 saturated carbocycles. The van der Waals surface area contributed by atoms with E-state index in [1.54, 1.807) is 5.32 Å². The minimum Gasteiger partial charge on any atom is -0.452 e. The third-order valence-corrected chi connectivity index (χ3v) is 6.50. The number of alkyl halides is 6. The summed E-state index contributed by atoms with van der Waals surface area (Å²) in [5.41, 5.74) is -2.03. The van der Waals surface area contributed by atoms with Gasteiger partial charge in [-0.3, -0.25) is 14.6 Å². The molecule has 1 amide bonds. The number of nitrogens with zero attached hydrogens (tertiary/aromatic N) is 5. The maximum absolute atomic E-state index is 15.0. The van der Waals surface area contributed by atoms with Crippen LogP contribution in [-0.2, 0) is 21.7 Å². The standard InChI is InChI=1S/C24H19F8N7O3/c1-12(23(27,28)29)36-20(40)14-4-17(26)19(5-16(14)25)38-10-22(11-38,2-3-33)39-8-15(13-6-34-35-7-13)18(37-39)9-42-21(41)24(30,31)32/h4-8,12H,2,9-11H2,1H3,(H,34,35)(H,36,40)/t12-/m0/s1. The molecule has 0 unspecified atom stereocenters. The number of anilines is 1. The first-order valence-electron chi connectivity index (χ1n) is 11.9. The van der Waals surface area contributed by atoms with E-state index in [-0.39, 0.29) is 36.5 Å². The van der Waals surface area contributed by atoms with Gasteiger partial charge in [-0.25, -0.2) is 13.6 Å². The Morgan fingerprint density at radius 1 is 1.19 bits per heavy atom. The van der Waals surface area contributed by atoms with Crippen molar-refractivity contribution in [3.8, 4) is 17.2 Å². The minimum absolute atomic E-state index is 0.106. The van der Waals surface area contributed by atoms with Crippen LogP contribution in [0, 0.1) is 23.0 Å². The van der Waals surface area contributed by atoms with Gasteiger partial charge in [-0.2, -0.15) is 41.8 Å². The van der Waals surface area contributed by atoms with Crippen molar-refractivity contribution in [2.24, 2.45) is 0 Å². The highest BCUT2D eigenvalue weighted by molar-refractivity contribution is 5.95. The summed E-state index contributed by atoms with van der Waals surface area (Å²) in [6, 6.07) is 0.696. The average Bonchev–Trinajstić information content (AvgIpc) is 3.55. The number of hydrogen-bond donors (Lipinski definition) is 2. The van der Waals surface area contributed by atoms with Gasteiger partial charge in [-0.15, -0.1) is 0 Å². The first-order chi connectivity index (χ1) is 19.6. The van der Waals surface area contributed by atoms with Crippen molar-refractivity contribution in [3.63, 3.8) is 0 Å². The zero-order valence-corrected chi connectivity index (χ0v) is 21.3. The number of H-pyrrole nitrogens is 1. The number of esters is 1. The van der Waals surface area contributed by atoms with E-state index in [0.717, 1.165) is 0 Å². The van der Waals surface area contributed by atoms with Crippen LogP contribution in [0.25, 0.3) is 11.1 Å².